The third-order valence-electron chi connectivity index (χ3n) is 5.98. The Hall–Kier alpha value is -2.64. The van der Waals surface area contributed by atoms with Gasteiger partial charge in [0.1, 0.15) is 0 Å². The van der Waals surface area contributed by atoms with Crippen molar-refractivity contribution in [3.05, 3.63) is 59.2 Å². The van der Waals surface area contributed by atoms with Crippen LogP contribution in [0.15, 0.2) is 42.5 Å². The first-order valence-electron chi connectivity index (χ1n) is 9.83. The second kappa shape index (κ2) is 7.54. The molecular formula is C23H25N3O. The molecule has 1 amide bonds. The zero-order chi connectivity index (χ0) is 18.8. The van der Waals surface area contributed by atoms with E-state index in [0.717, 1.165) is 54.9 Å². The number of carbonyl (C=O) groups is 1. The predicted molar refractivity (Wildman–Crippen MR) is 106 cm³/mol. The molecule has 1 fully saturated rings. The number of amides is 1. The van der Waals surface area contributed by atoms with E-state index >= 15 is 0 Å². The van der Waals surface area contributed by atoms with E-state index in [1.54, 1.807) is 0 Å². The monoisotopic (exact) mass is 359 g/mol. The van der Waals surface area contributed by atoms with Crippen LogP contribution in [0.4, 0.5) is 0 Å². The van der Waals surface area contributed by atoms with Crippen molar-refractivity contribution in [2.24, 2.45) is 0 Å². The lowest BCUT2D eigenvalue weighted by atomic mass is 9.92. The molecule has 1 saturated heterocycles. The number of nitrogens with zero attached hydrogens (tertiary/aromatic N) is 3. The highest BCUT2D eigenvalue weighted by atomic mass is 16.2. The second-order valence-electron chi connectivity index (χ2n) is 7.60. The maximum Gasteiger partial charge on any atom is 0.254 e. The molecule has 2 aromatic carbocycles. The van der Waals surface area contributed by atoms with E-state index in [4.69, 9.17) is 0 Å². The van der Waals surface area contributed by atoms with Gasteiger partial charge in [0.2, 0.25) is 0 Å². The summed E-state index contributed by atoms with van der Waals surface area (Å²) in [7, 11) is 0. The lowest BCUT2D eigenvalue weighted by molar-refractivity contribution is 0.0717. The van der Waals surface area contributed by atoms with Crippen molar-refractivity contribution in [2.75, 3.05) is 26.2 Å². The third kappa shape index (κ3) is 3.48. The summed E-state index contributed by atoms with van der Waals surface area (Å²) in [6.45, 7) is 5.98. The molecule has 0 bridgehead atoms. The number of carbonyl (C=O) groups excluding carboxylic acids is 1. The van der Waals surface area contributed by atoms with Crippen LogP contribution in [0.25, 0.3) is 11.1 Å². The lowest BCUT2D eigenvalue weighted by Gasteiger charge is -2.31. The average Bonchev–Trinajstić information content (AvgIpc) is 3.12. The highest BCUT2D eigenvalue weighted by Crippen LogP contribution is 2.28. The molecular weight excluding hydrogens is 334 g/mol. The number of hydrogen-bond acceptors (Lipinski definition) is 3. The van der Waals surface area contributed by atoms with E-state index in [1.807, 2.05) is 41.3 Å². The third-order valence-corrected chi connectivity index (χ3v) is 5.98. The van der Waals surface area contributed by atoms with Crippen LogP contribution >= 0.6 is 0 Å². The van der Waals surface area contributed by atoms with Crippen molar-refractivity contribution >= 4 is 5.91 Å². The molecule has 4 heteroatoms. The fourth-order valence-corrected chi connectivity index (χ4v) is 4.32. The van der Waals surface area contributed by atoms with Gasteiger partial charge in [0.25, 0.3) is 5.91 Å². The van der Waals surface area contributed by atoms with Gasteiger partial charge in [-0.3, -0.25) is 9.69 Å². The minimum Gasteiger partial charge on any atom is -0.337 e. The molecule has 0 radical (unpaired) electrons. The first kappa shape index (κ1) is 17.8. The van der Waals surface area contributed by atoms with Gasteiger partial charge in [-0.05, 0) is 61.6 Å². The van der Waals surface area contributed by atoms with Gasteiger partial charge >= 0.3 is 0 Å². The Morgan fingerprint density at radius 3 is 2.74 bits per heavy atom. The quantitative estimate of drug-likeness (QED) is 0.836. The van der Waals surface area contributed by atoms with Crippen molar-refractivity contribution in [3.8, 4) is 17.2 Å². The van der Waals surface area contributed by atoms with E-state index < -0.39 is 0 Å². The number of likely N-dealkylation sites (tertiary alicyclic amines) is 1. The molecule has 4 rings (SSSR count). The van der Waals surface area contributed by atoms with Crippen LogP contribution in [0.5, 0.6) is 0 Å². The van der Waals surface area contributed by atoms with Gasteiger partial charge in [-0.2, -0.15) is 5.26 Å². The molecule has 0 aromatic heterocycles. The van der Waals surface area contributed by atoms with E-state index in [1.165, 1.54) is 12.8 Å². The van der Waals surface area contributed by atoms with Crippen LogP contribution < -0.4 is 0 Å². The highest BCUT2D eigenvalue weighted by molar-refractivity contribution is 5.97. The topological polar surface area (TPSA) is 47.3 Å². The van der Waals surface area contributed by atoms with Crippen molar-refractivity contribution < 1.29 is 4.79 Å². The van der Waals surface area contributed by atoms with Gasteiger partial charge in [-0.1, -0.05) is 30.3 Å². The molecule has 2 aromatic rings. The zero-order valence-corrected chi connectivity index (χ0v) is 15.8. The van der Waals surface area contributed by atoms with Gasteiger partial charge in [-0.15, -0.1) is 0 Å². The Bertz CT molecular complexity index is 899. The Morgan fingerprint density at radius 2 is 1.96 bits per heavy atom. The second-order valence-corrected chi connectivity index (χ2v) is 7.60. The van der Waals surface area contributed by atoms with Crippen molar-refractivity contribution in [1.82, 2.24) is 9.80 Å². The first-order chi connectivity index (χ1) is 13.2. The molecule has 4 nitrogen and oxygen atoms in total. The summed E-state index contributed by atoms with van der Waals surface area (Å²) in [5.74, 6) is 0.142. The molecule has 138 valence electrons. The van der Waals surface area contributed by atoms with Crippen LogP contribution in [0.2, 0.25) is 0 Å². The van der Waals surface area contributed by atoms with Gasteiger partial charge in [0, 0.05) is 31.2 Å². The van der Waals surface area contributed by atoms with Crippen molar-refractivity contribution in [3.63, 3.8) is 0 Å². The molecule has 0 aliphatic carbocycles. The SMILES string of the molecule is C[C@H]1CCCN1CCN1CCc2cc(-c3ccccc3C#N)ccc2C1=O. The number of rotatable bonds is 4. The summed E-state index contributed by atoms with van der Waals surface area (Å²) in [6, 6.07) is 16.5. The van der Waals surface area contributed by atoms with Crippen molar-refractivity contribution in [2.45, 2.75) is 32.2 Å². The van der Waals surface area contributed by atoms with E-state index in [2.05, 4.69) is 24.0 Å². The molecule has 1 atom stereocenters. The molecule has 2 heterocycles. The van der Waals surface area contributed by atoms with Gasteiger partial charge in [-0.25, -0.2) is 0 Å². The molecule has 0 unspecified atom stereocenters. The lowest BCUT2D eigenvalue weighted by Crippen LogP contribution is -2.43. The van der Waals surface area contributed by atoms with Crippen LogP contribution in [-0.4, -0.2) is 47.9 Å². The minimum atomic E-state index is 0.142. The Morgan fingerprint density at radius 1 is 1.11 bits per heavy atom. The average molecular weight is 359 g/mol. The van der Waals surface area contributed by atoms with Gasteiger partial charge < -0.3 is 4.90 Å². The number of nitriles is 1. The highest BCUT2D eigenvalue weighted by Gasteiger charge is 2.26. The Balaban J connectivity index is 1.51. The van der Waals surface area contributed by atoms with Crippen LogP contribution in [0, 0.1) is 11.3 Å². The predicted octanol–water partition coefficient (Wildman–Crippen LogP) is 3.71. The summed E-state index contributed by atoms with van der Waals surface area (Å²) in [5.41, 5.74) is 4.52. The first-order valence-corrected chi connectivity index (χ1v) is 9.83. The van der Waals surface area contributed by atoms with Gasteiger partial charge in [0.15, 0.2) is 0 Å². The fourth-order valence-electron chi connectivity index (χ4n) is 4.32. The zero-order valence-electron chi connectivity index (χ0n) is 15.8. The smallest absolute Gasteiger partial charge is 0.254 e. The fraction of sp³-hybridized carbons (Fsp3) is 0.391. The summed E-state index contributed by atoms with van der Waals surface area (Å²) in [6.07, 6.45) is 3.41. The molecule has 0 N–H and O–H groups in total. The van der Waals surface area contributed by atoms with Crippen LogP contribution in [0.3, 0.4) is 0 Å². The van der Waals surface area contributed by atoms with E-state index in [-0.39, 0.29) is 5.91 Å². The minimum absolute atomic E-state index is 0.142. The number of benzene rings is 2. The van der Waals surface area contributed by atoms with Crippen LogP contribution in [-0.2, 0) is 6.42 Å². The molecule has 2 aliphatic heterocycles. The molecule has 0 spiro atoms. The van der Waals surface area contributed by atoms with Crippen LogP contribution in [0.1, 0.15) is 41.3 Å². The van der Waals surface area contributed by atoms with Crippen molar-refractivity contribution in [1.29, 1.82) is 5.26 Å². The summed E-state index contributed by atoms with van der Waals surface area (Å²) >= 11 is 0. The summed E-state index contributed by atoms with van der Waals surface area (Å²) in [4.78, 5) is 17.4. The summed E-state index contributed by atoms with van der Waals surface area (Å²) < 4.78 is 0. The number of hydrogen-bond donors (Lipinski definition) is 0. The van der Waals surface area contributed by atoms with E-state index in [0.29, 0.717) is 11.6 Å². The number of fused-ring (bicyclic) bond motifs is 1. The maximum atomic E-state index is 12.9. The standard InChI is InChI=1S/C23H25N3O/c1-17-5-4-11-25(17)13-14-26-12-10-19-15-18(8-9-22(19)23(26)27)21-7-3-2-6-20(21)16-24/h2-3,6-9,15,17H,4-5,10-14H2,1H3/t17-/m0/s1. The molecule has 2 aliphatic rings. The summed E-state index contributed by atoms with van der Waals surface area (Å²) in [5, 5.41) is 9.35. The Labute approximate surface area is 161 Å². The van der Waals surface area contributed by atoms with Gasteiger partial charge in [0.05, 0.1) is 11.6 Å². The molecule has 0 saturated carbocycles. The van der Waals surface area contributed by atoms with E-state index in [9.17, 15) is 10.1 Å². The maximum absolute atomic E-state index is 12.9. The Kier molecular flexibility index (Phi) is 4.96. The normalized spacial score (nSPS) is 19.8. The largest absolute Gasteiger partial charge is 0.337 e. The molecule has 27 heavy (non-hydrogen) atoms.